The van der Waals surface area contributed by atoms with Gasteiger partial charge < -0.3 is 28.6 Å². The number of para-hydroxylation sites is 2. The number of piperidine rings is 1. The Bertz CT molecular complexity index is 1400. The highest BCUT2D eigenvalue weighted by Crippen LogP contribution is 2.28. The number of carbonyl (C=O) groups is 1. The van der Waals surface area contributed by atoms with E-state index >= 15 is 0 Å². The minimum atomic E-state index is -0.790. The predicted octanol–water partition coefficient (Wildman–Crippen LogP) is 4.63. The zero-order valence-corrected chi connectivity index (χ0v) is 22.0. The maximum absolute atomic E-state index is 13.5. The van der Waals surface area contributed by atoms with Gasteiger partial charge in [0.1, 0.15) is 5.82 Å². The van der Waals surface area contributed by atoms with E-state index in [1.54, 1.807) is 19.2 Å². The van der Waals surface area contributed by atoms with Crippen LogP contribution in [0.1, 0.15) is 25.3 Å². The second-order valence-corrected chi connectivity index (χ2v) is 9.23. The molecule has 0 spiro atoms. The van der Waals surface area contributed by atoms with Gasteiger partial charge in [-0.05, 0) is 49.6 Å². The van der Waals surface area contributed by atoms with Gasteiger partial charge in [0, 0.05) is 38.4 Å². The zero-order valence-electron chi connectivity index (χ0n) is 22.0. The minimum Gasteiger partial charge on any atom is -0.440 e. The van der Waals surface area contributed by atoms with E-state index < -0.39 is 6.16 Å². The van der Waals surface area contributed by atoms with Crippen molar-refractivity contribution >= 4 is 29.1 Å². The lowest BCUT2D eigenvalue weighted by Gasteiger charge is -2.37. The number of aromatic nitrogens is 4. The van der Waals surface area contributed by atoms with E-state index in [0.29, 0.717) is 18.4 Å². The van der Waals surface area contributed by atoms with Crippen molar-refractivity contribution in [2.75, 3.05) is 43.3 Å². The topological polar surface area (TPSA) is 94.8 Å². The number of hydrogen-bond acceptors (Lipinski definition) is 9. The van der Waals surface area contributed by atoms with E-state index in [9.17, 15) is 9.18 Å². The van der Waals surface area contributed by atoms with Crippen molar-refractivity contribution in [2.24, 2.45) is 0 Å². The molecule has 10 nitrogen and oxygen atoms in total. The van der Waals surface area contributed by atoms with Crippen molar-refractivity contribution in [3.05, 3.63) is 72.2 Å². The summed E-state index contributed by atoms with van der Waals surface area (Å²) in [6.45, 7) is 3.86. The third-order valence-electron chi connectivity index (χ3n) is 6.76. The molecule has 2 aromatic heterocycles. The molecule has 3 heterocycles. The van der Waals surface area contributed by atoms with Gasteiger partial charge in [0.15, 0.2) is 0 Å². The quantitative estimate of drug-likeness (QED) is 0.225. The highest BCUT2D eigenvalue weighted by Gasteiger charge is 2.27. The molecule has 11 heteroatoms. The van der Waals surface area contributed by atoms with E-state index in [1.165, 1.54) is 12.1 Å². The molecule has 2 aromatic carbocycles. The monoisotopic (exact) mass is 534 g/mol. The summed E-state index contributed by atoms with van der Waals surface area (Å²) in [5.74, 6) is 1.51. The number of halogens is 1. The van der Waals surface area contributed by atoms with Crippen molar-refractivity contribution in [3.8, 4) is 5.88 Å². The fourth-order valence-corrected chi connectivity index (χ4v) is 4.73. The van der Waals surface area contributed by atoms with Crippen LogP contribution in [0.25, 0.3) is 11.0 Å². The summed E-state index contributed by atoms with van der Waals surface area (Å²) in [4.78, 5) is 29.5. The van der Waals surface area contributed by atoms with E-state index in [2.05, 4.69) is 30.4 Å². The molecule has 4 aromatic rings. The summed E-state index contributed by atoms with van der Waals surface area (Å²) in [6, 6.07) is 16.5. The first-order chi connectivity index (χ1) is 19.0. The average Bonchev–Trinajstić information content (AvgIpc) is 3.32. The van der Waals surface area contributed by atoms with Crippen molar-refractivity contribution < 1.29 is 23.4 Å². The van der Waals surface area contributed by atoms with Crippen molar-refractivity contribution in [1.82, 2.24) is 19.5 Å². The number of hydrogen-bond donors (Lipinski definition) is 0. The van der Waals surface area contributed by atoms with Gasteiger partial charge in [0.05, 0.1) is 24.2 Å². The Morgan fingerprint density at radius 1 is 1.05 bits per heavy atom. The molecular formula is C28H31FN6O4. The van der Waals surface area contributed by atoms with Crippen LogP contribution in [-0.2, 0) is 16.0 Å². The summed E-state index contributed by atoms with van der Waals surface area (Å²) in [7, 11) is 1.97. The van der Waals surface area contributed by atoms with Crippen LogP contribution in [0.15, 0.2) is 60.8 Å². The molecule has 1 fully saturated rings. The van der Waals surface area contributed by atoms with Crippen LogP contribution < -0.4 is 14.5 Å². The van der Waals surface area contributed by atoms with Crippen molar-refractivity contribution in [1.29, 1.82) is 0 Å². The molecule has 0 bridgehead atoms. The number of nitrogens with zero attached hydrogens (tertiary/aromatic N) is 6. The third-order valence-corrected chi connectivity index (χ3v) is 6.76. The van der Waals surface area contributed by atoms with Crippen LogP contribution in [0.4, 0.5) is 21.1 Å². The molecule has 0 amide bonds. The number of carbonyl (C=O) groups excluding carboxylic acids is 1. The highest BCUT2D eigenvalue weighted by molar-refractivity contribution is 5.79. The average molecular weight is 535 g/mol. The van der Waals surface area contributed by atoms with Gasteiger partial charge in [0.2, 0.25) is 24.6 Å². The van der Waals surface area contributed by atoms with Gasteiger partial charge in [-0.1, -0.05) is 24.3 Å². The normalized spacial score (nSPS) is 13.9. The van der Waals surface area contributed by atoms with Crippen molar-refractivity contribution in [2.45, 2.75) is 32.4 Å². The van der Waals surface area contributed by atoms with E-state index in [4.69, 9.17) is 19.2 Å². The molecule has 0 saturated carbocycles. The number of rotatable bonds is 9. The summed E-state index contributed by atoms with van der Waals surface area (Å²) < 4.78 is 30.7. The molecule has 0 unspecified atom stereocenters. The van der Waals surface area contributed by atoms with E-state index in [1.807, 2.05) is 37.4 Å². The minimum absolute atomic E-state index is 0.224. The Kier molecular flexibility index (Phi) is 8.04. The number of fused-ring (bicyclic) bond motifs is 1. The Hall–Kier alpha value is -4.41. The molecular weight excluding hydrogens is 503 g/mol. The molecule has 0 radical (unpaired) electrons. The molecule has 1 saturated heterocycles. The number of benzene rings is 2. The van der Waals surface area contributed by atoms with Crippen LogP contribution in [0.3, 0.4) is 0 Å². The zero-order chi connectivity index (χ0) is 27.2. The molecule has 1 aliphatic heterocycles. The Morgan fingerprint density at radius 2 is 1.82 bits per heavy atom. The van der Waals surface area contributed by atoms with Crippen LogP contribution in [0.5, 0.6) is 5.88 Å². The lowest BCUT2D eigenvalue weighted by atomic mass is 10.0. The number of anilines is 2. The molecule has 0 aliphatic carbocycles. The van der Waals surface area contributed by atoms with E-state index in [0.717, 1.165) is 48.5 Å². The summed E-state index contributed by atoms with van der Waals surface area (Å²) in [5, 5.41) is 0. The number of imidazole rings is 1. The maximum atomic E-state index is 13.5. The fourth-order valence-electron chi connectivity index (χ4n) is 4.73. The smallest absolute Gasteiger partial charge is 0.440 e. The van der Waals surface area contributed by atoms with Crippen LogP contribution in [0.2, 0.25) is 0 Å². The van der Waals surface area contributed by atoms with Crippen LogP contribution in [-0.4, -0.2) is 65.3 Å². The maximum Gasteiger partial charge on any atom is 0.511 e. The molecule has 39 heavy (non-hydrogen) atoms. The largest absolute Gasteiger partial charge is 0.511 e. The van der Waals surface area contributed by atoms with Crippen LogP contribution in [0, 0.1) is 5.82 Å². The van der Waals surface area contributed by atoms with Gasteiger partial charge in [-0.25, -0.2) is 19.2 Å². The molecule has 204 valence electrons. The SMILES string of the molecule is CCOC(=O)OCOc1ccnc(N(C)C2CCN(c3nc4ccccc4n3Cc3ccc(F)cc3)CC2)n1. The molecule has 5 rings (SSSR count). The second-order valence-electron chi connectivity index (χ2n) is 9.23. The van der Waals surface area contributed by atoms with Crippen LogP contribution >= 0.6 is 0 Å². The third kappa shape index (κ3) is 6.19. The number of ether oxygens (including phenoxy) is 3. The standard InChI is InChI=1S/C28H31FN6O4/c1-3-37-28(36)39-19-38-25-12-15-30-26(32-25)33(2)22-13-16-34(17-14-22)27-31-23-6-4-5-7-24(23)35(27)18-20-8-10-21(29)11-9-20/h4-12,15,22H,3,13-14,16-19H2,1-2H3. The Labute approximate surface area is 226 Å². The lowest BCUT2D eigenvalue weighted by molar-refractivity contribution is 0.00531. The first kappa shape index (κ1) is 26.2. The molecule has 0 N–H and O–H groups in total. The van der Waals surface area contributed by atoms with Gasteiger partial charge in [0.25, 0.3) is 0 Å². The lowest BCUT2D eigenvalue weighted by Crippen LogP contribution is -2.44. The summed E-state index contributed by atoms with van der Waals surface area (Å²) in [6.07, 6.45) is 2.60. The fraction of sp³-hybridized carbons (Fsp3) is 0.357. The first-order valence-corrected chi connectivity index (χ1v) is 12.9. The van der Waals surface area contributed by atoms with Crippen molar-refractivity contribution in [3.63, 3.8) is 0 Å². The van der Waals surface area contributed by atoms with Gasteiger partial charge in [-0.3, -0.25) is 0 Å². The van der Waals surface area contributed by atoms with Gasteiger partial charge >= 0.3 is 6.16 Å². The van der Waals surface area contributed by atoms with E-state index in [-0.39, 0.29) is 25.3 Å². The summed E-state index contributed by atoms with van der Waals surface area (Å²) in [5.41, 5.74) is 3.00. The Balaban J connectivity index is 1.25. The second kappa shape index (κ2) is 12.0. The molecule has 1 aliphatic rings. The Morgan fingerprint density at radius 3 is 2.59 bits per heavy atom. The van der Waals surface area contributed by atoms with Gasteiger partial charge in [-0.15, -0.1) is 0 Å². The first-order valence-electron chi connectivity index (χ1n) is 12.9. The van der Waals surface area contributed by atoms with Gasteiger partial charge in [-0.2, -0.15) is 4.98 Å². The molecule has 0 atom stereocenters. The predicted molar refractivity (Wildman–Crippen MR) is 145 cm³/mol. The highest BCUT2D eigenvalue weighted by atomic mass is 19.1. The summed E-state index contributed by atoms with van der Waals surface area (Å²) >= 11 is 0.